The number of benzene rings is 3. The zero-order chi connectivity index (χ0) is 37.1. The first-order chi connectivity index (χ1) is 24.0. The molecule has 1 saturated heterocycles. The van der Waals surface area contributed by atoms with E-state index in [0.717, 1.165) is 49.0 Å². The standard InChI is InChI=1S/C34H33F2N5O3.C2HF3O2/c1-19-26(15-22(35)16-29(19)41-33(42)25-9-6-21(14-28(25)36)34(2,3)43)31-27-17-30(40-32(27)39-18-38-31)20-4-7-23(8-5-20)44-24-10-12-37-13-11-24;3-2(4,5)1(6)7/h4-9,14-18,24,37,43H,10-13H2,1-3H3,(H,41,42)(H,38,39,40);(H,6,7). The smallest absolute Gasteiger partial charge is 0.490 e. The lowest BCUT2D eigenvalue weighted by Gasteiger charge is -2.23. The van der Waals surface area contributed by atoms with Crippen LogP contribution in [0.3, 0.4) is 0 Å². The molecule has 0 radical (unpaired) electrons. The minimum Gasteiger partial charge on any atom is -0.490 e. The van der Waals surface area contributed by atoms with Gasteiger partial charge in [0.2, 0.25) is 0 Å². The Morgan fingerprint density at radius 3 is 2.24 bits per heavy atom. The second-order valence-electron chi connectivity index (χ2n) is 12.4. The highest BCUT2D eigenvalue weighted by Gasteiger charge is 2.38. The van der Waals surface area contributed by atoms with Gasteiger partial charge in [-0.15, -0.1) is 0 Å². The lowest BCUT2D eigenvalue weighted by molar-refractivity contribution is -0.192. The number of rotatable bonds is 7. The number of nitrogens with one attached hydrogen (secondary N) is 3. The summed E-state index contributed by atoms with van der Waals surface area (Å²) in [4.78, 5) is 34.1. The normalized spacial score (nSPS) is 13.7. The summed E-state index contributed by atoms with van der Waals surface area (Å²) in [6.07, 6.45) is -1.53. The van der Waals surface area contributed by atoms with E-state index in [-0.39, 0.29) is 17.4 Å². The number of piperidine rings is 1. The number of carbonyl (C=O) groups is 2. The number of H-pyrrole nitrogens is 1. The molecule has 1 fully saturated rings. The monoisotopic (exact) mass is 711 g/mol. The van der Waals surface area contributed by atoms with Gasteiger partial charge in [-0.2, -0.15) is 13.2 Å². The molecule has 1 amide bonds. The van der Waals surface area contributed by atoms with Gasteiger partial charge in [-0.25, -0.2) is 23.5 Å². The predicted octanol–water partition coefficient (Wildman–Crippen LogP) is 7.12. The molecule has 0 spiro atoms. The van der Waals surface area contributed by atoms with E-state index < -0.39 is 35.3 Å². The van der Waals surface area contributed by atoms with E-state index in [0.29, 0.717) is 33.4 Å². The highest BCUT2D eigenvalue weighted by Crippen LogP contribution is 2.35. The van der Waals surface area contributed by atoms with E-state index in [1.54, 1.807) is 6.92 Å². The van der Waals surface area contributed by atoms with Gasteiger partial charge in [-0.1, -0.05) is 6.07 Å². The number of ether oxygens (including phenoxy) is 1. The van der Waals surface area contributed by atoms with Crippen molar-refractivity contribution >= 4 is 28.6 Å². The molecular formula is C36H34F5N5O5. The molecule has 0 saturated carbocycles. The maximum atomic E-state index is 15.0. The fraction of sp³-hybridized carbons (Fsp3) is 0.278. The molecule has 10 nitrogen and oxygen atoms in total. The third-order valence-corrected chi connectivity index (χ3v) is 8.22. The van der Waals surface area contributed by atoms with E-state index in [1.807, 2.05) is 30.3 Å². The summed E-state index contributed by atoms with van der Waals surface area (Å²) in [7, 11) is 0. The van der Waals surface area contributed by atoms with Crippen LogP contribution in [0.5, 0.6) is 5.75 Å². The molecule has 6 rings (SSSR count). The number of amides is 1. The SMILES string of the molecule is Cc1c(NC(=O)c2ccc(C(C)(C)O)cc2F)cc(F)cc1-c1ncnc2[nH]c(-c3ccc(OC4CCNCC4)cc3)cc12.O=C(O)C(F)(F)F. The van der Waals surface area contributed by atoms with Crippen molar-refractivity contribution in [2.75, 3.05) is 18.4 Å². The molecule has 0 bridgehead atoms. The zero-order valence-corrected chi connectivity index (χ0v) is 27.7. The van der Waals surface area contributed by atoms with E-state index in [1.165, 1.54) is 44.4 Å². The van der Waals surface area contributed by atoms with Crippen LogP contribution in [-0.2, 0) is 10.4 Å². The third kappa shape index (κ3) is 8.85. The second-order valence-corrected chi connectivity index (χ2v) is 12.4. The molecule has 268 valence electrons. The zero-order valence-electron chi connectivity index (χ0n) is 27.7. The Hall–Kier alpha value is -5.41. The average Bonchev–Trinajstić information content (AvgIpc) is 3.51. The molecule has 0 aliphatic carbocycles. The quantitative estimate of drug-likeness (QED) is 0.112. The molecule has 15 heteroatoms. The number of aromatic nitrogens is 3. The van der Waals surface area contributed by atoms with Crippen LogP contribution >= 0.6 is 0 Å². The van der Waals surface area contributed by atoms with Crippen LogP contribution in [0, 0.1) is 18.6 Å². The number of carbonyl (C=O) groups excluding carboxylic acids is 1. The van der Waals surface area contributed by atoms with Crippen molar-refractivity contribution in [1.29, 1.82) is 0 Å². The summed E-state index contributed by atoms with van der Waals surface area (Å²) in [6.45, 7) is 6.70. The molecule has 3 aromatic carbocycles. The Labute approximate surface area is 288 Å². The number of hydrogen-bond donors (Lipinski definition) is 5. The number of carboxylic acid groups (broad SMARTS) is 1. The lowest BCUT2D eigenvalue weighted by Crippen LogP contribution is -2.34. The summed E-state index contributed by atoms with van der Waals surface area (Å²) in [5.74, 6) is -4.07. The number of alkyl halides is 3. The Balaban J connectivity index is 0.000000654. The van der Waals surface area contributed by atoms with Crippen molar-refractivity contribution < 1.29 is 46.5 Å². The Morgan fingerprint density at radius 1 is 0.961 bits per heavy atom. The molecule has 0 atom stereocenters. The number of anilines is 1. The highest BCUT2D eigenvalue weighted by molar-refractivity contribution is 6.06. The van der Waals surface area contributed by atoms with Gasteiger partial charge >= 0.3 is 12.1 Å². The Bertz CT molecular complexity index is 2050. The van der Waals surface area contributed by atoms with Gasteiger partial charge in [-0.05, 0) is 118 Å². The molecule has 1 aliphatic heterocycles. The van der Waals surface area contributed by atoms with Crippen LogP contribution in [0.15, 0.2) is 67.0 Å². The van der Waals surface area contributed by atoms with Crippen molar-refractivity contribution in [2.24, 2.45) is 0 Å². The Morgan fingerprint density at radius 2 is 1.63 bits per heavy atom. The van der Waals surface area contributed by atoms with Gasteiger partial charge in [0.15, 0.2) is 0 Å². The van der Waals surface area contributed by atoms with Crippen molar-refractivity contribution in [2.45, 2.75) is 51.5 Å². The van der Waals surface area contributed by atoms with Gasteiger partial charge < -0.3 is 30.6 Å². The first kappa shape index (κ1) is 36.9. The maximum absolute atomic E-state index is 15.0. The molecule has 1 aliphatic rings. The fourth-order valence-corrected chi connectivity index (χ4v) is 5.45. The van der Waals surface area contributed by atoms with Crippen molar-refractivity contribution in [3.8, 4) is 28.3 Å². The van der Waals surface area contributed by atoms with Gasteiger partial charge in [0.05, 0.1) is 16.9 Å². The highest BCUT2D eigenvalue weighted by atomic mass is 19.4. The minimum atomic E-state index is -5.08. The summed E-state index contributed by atoms with van der Waals surface area (Å²) in [5, 5.41) is 23.9. The second kappa shape index (κ2) is 14.8. The van der Waals surface area contributed by atoms with Crippen LogP contribution in [0.4, 0.5) is 27.6 Å². The Kier molecular flexibility index (Phi) is 10.7. The van der Waals surface area contributed by atoms with Crippen LogP contribution in [0.2, 0.25) is 0 Å². The minimum absolute atomic E-state index is 0.183. The lowest BCUT2D eigenvalue weighted by atomic mass is 9.96. The van der Waals surface area contributed by atoms with Crippen LogP contribution in [0.25, 0.3) is 33.5 Å². The van der Waals surface area contributed by atoms with Crippen molar-refractivity contribution in [3.05, 3.63) is 95.3 Å². The van der Waals surface area contributed by atoms with Crippen LogP contribution in [-0.4, -0.2) is 62.4 Å². The first-order valence-corrected chi connectivity index (χ1v) is 15.8. The number of aliphatic hydroxyl groups is 1. The van der Waals surface area contributed by atoms with Crippen molar-refractivity contribution in [3.63, 3.8) is 0 Å². The van der Waals surface area contributed by atoms with E-state index >= 15 is 0 Å². The number of hydrogen-bond acceptors (Lipinski definition) is 7. The number of aromatic amines is 1. The number of nitrogens with zero attached hydrogens (tertiary/aromatic N) is 2. The average molecular weight is 712 g/mol. The number of aliphatic carboxylic acids is 1. The summed E-state index contributed by atoms with van der Waals surface area (Å²) < 4.78 is 67.7. The predicted molar refractivity (Wildman–Crippen MR) is 179 cm³/mol. The molecule has 0 unspecified atom stereocenters. The number of halogens is 5. The van der Waals surface area contributed by atoms with Gasteiger partial charge in [0.25, 0.3) is 5.91 Å². The molecule has 3 heterocycles. The maximum Gasteiger partial charge on any atom is 0.490 e. The van der Waals surface area contributed by atoms with E-state index in [4.69, 9.17) is 14.6 Å². The topological polar surface area (TPSA) is 149 Å². The van der Waals surface area contributed by atoms with Crippen molar-refractivity contribution in [1.82, 2.24) is 20.3 Å². The molecule has 5 aromatic rings. The third-order valence-electron chi connectivity index (χ3n) is 8.22. The van der Waals surface area contributed by atoms with E-state index in [9.17, 15) is 31.9 Å². The molecular weight excluding hydrogens is 677 g/mol. The molecule has 5 N–H and O–H groups in total. The summed E-state index contributed by atoms with van der Waals surface area (Å²) in [5.41, 5.74) is 2.82. The first-order valence-electron chi connectivity index (χ1n) is 15.8. The van der Waals surface area contributed by atoms with Gasteiger partial charge in [-0.3, -0.25) is 4.79 Å². The van der Waals surface area contributed by atoms with Crippen LogP contribution in [0.1, 0.15) is 48.2 Å². The summed E-state index contributed by atoms with van der Waals surface area (Å²) >= 11 is 0. The fourth-order valence-electron chi connectivity index (χ4n) is 5.45. The van der Waals surface area contributed by atoms with Crippen LogP contribution < -0.4 is 15.4 Å². The molecule has 2 aromatic heterocycles. The number of fused-ring (bicyclic) bond motifs is 1. The molecule has 51 heavy (non-hydrogen) atoms. The number of carboxylic acids is 1. The largest absolute Gasteiger partial charge is 0.490 e. The van der Waals surface area contributed by atoms with Gasteiger partial charge in [0, 0.05) is 22.3 Å². The summed E-state index contributed by atoms with van der Waals surface area (Å²) in [6, 6.07) is 16.2. The van der Waals surface area contributed by atoms with E-state index in [2.05, 4.69) is 25.6 Å². The van der Waals surface area contributed by atoms with Gasteiger partial charge in [0.1, 0.15) is 35.5 Å².